The van der Waals surface area contributed by atoms with E-state index >= 15 is 0 Å². The minimum atomic E-state index is 0.0252. The van der Waals surface area contributed by atoms with Gasteiger partial charge in [-0.2, -0.15) is 0 Å². The van der Waals surface area contributed by atoms with Gasteiger partial charge in [0.25, 0.3) is 0 Å². The molecule has 0 saturated carbocycles. The fourth-order valence-electron chi connectivity index (χ4n) is 3.37. The Hall–Kier alpha value is -2.72. The van der Waals surface area contributed by atoms with E-state index in [1.54, 1.807) is 0 Å². The summed E-state index contributed by atoms with van der Waals surface area (Å²) in [6, 6.07) is 26.7. The van der Waals surface area contributed by atoms with Crippen molar-refractivity contribution >= 4 is 29.0 Å². The average Bonchev–Trinajstić information content (AvgIpc) is 2.71. The second-order valence-corrected chi connectivity index (χ2v) is 7.74. The summed E-state index contributed by atoms with van der Waals surface area (Å²) in [5.41, 5.74) is 4.42. The molecule has 0 bridgehead atoms. The first-order valence-corrected chi connectivity index (χ1v) is 10.2. The lowest BCUT2D eigenvalue weighted by Gasteiger charge is -2.30. The van der Waals surface area contributed by atoms with E-state index in [0.717, 1.165) is 35.7 Å². The zero-order chi connectivity index (χ0) is 18.5. The number of amides is 1. The lowest BCUT2D eigenvalue weighted by molar-refractivity contribution is -0.115. The summed E-state index contributed by atoms with van der Waals surface area (Å²) in [4.78, 5) is 16.2. The highest BCUT2D eigenvalue weighted by atomic mass is 32.2. The van der Waals surface area contributed by atoms with Crippen LogP contribution in [-0.2, 0) is 11.2 Å². The van der Waals surface area contributed by atoms with Gasteiger partial charge in [0.15, 0.2) is 0 Å². The van der Waals surface area contributed by atoms with Crippen LogP contribution in [0, 0.1) is 0 Å². The number of para-hydroxylation sites is 2. The normalized spacial score (nSPS) is 13.1. The minimum absolute atomic E-state index is 0.0252. The number of carbonyl (C=O) groups excluding carboxylic acids is 1. The van der Waals surface area contributed by atoms with Gasteiger partial charge in [-0.15, -0.1) is 11.8 Å². The van der Waals surface area contributed by atoms with E-state index in [0.29, 0.717) is 6.54 Å². The number of fused-ring (bicyclic) bond motifs is 1. The molecule has 27 heavy (non-hydrogen) atoms. The third kappa shape index (κ3) is 4.34. The SMILES string of the molecule is O=C(CN1CCSc2ccccc21)Nc1ccccc1Cc1ccccc1. The number of benzene rings is 3. The van der Waals surface area contributed by atoms with Gasteiger partial charge >= 0.3 is 0 Å². The monoisotopic (exact) mass is 374 g/mol. The third-order valence-corrected chi connectivity index (χ3v) is 5.73. The van der Waals surface area contributed by atoms with Crippen molar-refractivity contribution in [1.29, 1.82) is 0 Å². The largest absolute Gasteiger partial charge is 0.360 e. The Morgan fingerprint density at radius 1 is 0.926 bits per heavy atom. The summed E-state index contributed by atoms with van der Waals surface area (Å²) in [5.74, 6) is 1.03. The van der Waals surface area contributed by atoms with Crippen molar-refractivity contribution in [1.82, 2.24) is 0 Å². The molecule has 1 N–H and O–H groups in total. The van der Waals surface area contributed by atoms with Crippen LogP contribution in [0.5, 0.6) is 0 Å². The summed E-state index contributed by atoms with van der Waals surface area (Å²) >= 11 is 1.85. The number of anilines is 2. The molecule has 1 heterocycles. The van der Waals surface area contributed by atoms with Crippen molar-refractivity contribution in [3.8, 4) is 0 Å². The molecular formula is C23H22N2OS. The lowest BCUT2D eigenvalue weighted by atomic mass is 10.0. The number of rotatable bonds is 5. The van der Waals surface area contributed by atoms with Crippen LogP contribution in [-0.4, -0.2) is 24.7 Å². The maximum atomic E-state index is 12.7. The van der Waals surface area contributed by atoms with Gasteiger partial charge in [-0.3, -0.25) is 4.79 Å². The van der Waals surface area contributed by atoms with E-state index in [1.807, 2.05) is 54.2 Å². The minimum Gasteiger partial charge on any atom is -0.360 e. The Morgan fingerprint density at radius 2 is 1.67 bits per heavy atom. The molecule has 0 fully saturated rings. The molecule has 0 aliphatic carbocycles. The molecule has 136 valence electrons. The molecule has 1 aliphatic heterocycles. The van der Waals surface area contributed by atoms with Crippen LogP contribution < -0.4 is 10.2 Å². The van der Waals surface area contributed by atoms with Gasteiger partial charge in [-0.05, 0) is 35.7 Å². The molecule has 0 saturated heterocycles. The number of nitrogens with zero attached hydrogens (tertiary/aromatic N) is 1. The van der Waals surface area contributed by atoms with Gasteiger partial charge in [0.1, 0.15) is 0 Å². The van der Waals surface area contributed by atoms with Gasteiger partial charge in [0.2, 0.25) is 5.91 Å². The van der Waals surface area contributed by atoms with Crippen molar-refractivity contribution in [2.45, 2.75) is 11.3 Å². The summed E-state index contributed by atoms with van der Waals surface area (Å²) < 4.78 is 0. The molecule has 1 aliphatic rings. The zero-order valence-corrected chi connectivity index (χ0v) is 15.9. The third-order valence-electron chi connectivity index (χ3n) is 4.69. The highest BCUT2D eigenvalue weighted by Crippen LogP contribution is 2.34. The van der Waals surface area contributed by atoms with Crippen LogP contribution in [0.25, 0.3) is 0 Å². The van der Waals surface area contributed by atoms with E-state index in [-0.39, 0.29) is 5.91 Å². The van der Waals surface area contributed by atoms with Crippen LogP contribution in [0.3, 0.4) is 0 Å². The maximum absolute atomic E-state index is 12.7. The Labute approximate surface area is 164 Å². The molecule has 4 heteroatoms. The van der Waals surface area contributed by atoms with E-state index in [9.17, 15) is 4.79 Å². The second-order valence-electron chi connectivity index (χ2n) is 6.61. The Morgan fingerprint density at radius 3 is 2.56 bits per heavy atom. The van der Waals surface area contributed by atoms with E-state index < -0.39 is 0 Å². The first kappa shape index (κ1) is 17.7. The smallest absolute Gasteiger partial charge is 0.243 e. The Kier molecular flexibility index (Phi) is 5.45. The molecule has 3 nitrogen and oxygen atoms in total. The molecular weight excluding hydrogens is 352 g/mol. The molecule has 0 spiro atoms. The fraction of sp³-hybridized carbons (Fsp3) is 0.174. The Balaban J connectivity index is 1.46. The molecule has 0 radical (unpaired) electrons. The van der Waals surface area contributed by atoms with E-state index in [1.165, 1.54) is 10.5 Å². The standard InChI is InChI=1S/C23H22N2OS/c26-23(17-25-14-15-27-22-13-7-6-12-21(22)25)24-20-11-5-4-10-19(20)16-18-8-2-1-3-9-18/h1-13H,14-17H2,(H,24,26). The number of hydrogen-bond donors (Lipinski definition) is 1. The maximum Gasteiger partial charge on any atom is 0.243 e. The predicted octanol–water partition coefficient (Wildman–Crippen LogP) is 4.83. The van der Waals surface area contributed by atoms with Gasteiger partial charge in [-0.1, -0.05) is 60.7 Å². The van der Waals surface area contributed by atoms with Crippen molar-refractivity contribution in [3.63, 3.8) is 0 Å². The summed E-state index contributed by atoms with van der Waals surface area (Å²) in [6.07, 6.45) is 0.806. The first-order chi connectivity index (χ1) is 13.3. The summed E-state index contributed by atoms with van der Waals surface area (Å²) in [6.45, 7) is 1.26. The first-order valence-electron chi connectivity index (χ1n) is 9.18. The quantitative estimate of drug-likeness (QED) is 0.694. The molecule has 0 aromatic heterocycles. The van der Waals surface area contributed by atoms with Crippen LogP contribution in [0.2, 0.25) is 0 Å². The number of thioether (sulfide) groups is 1. The topological polar surface area (TPSA) is 32.3 Å². The van der Waals surface area contributed by atoms with Crippen LogP contribution in [0.4, 0.5) is 11.4 Å². The fourth-order valence-corrected chi connectivity index (χ4v) is 4.42. The second kappa shape index (κ2) is 8.31. The Bertz CT molecular complexity index is 926. The van der Waals surface area contributed by atoms with Gasteiger partial charge in [0.05, 0.1) is 12.2 Å². The molecule has 1 amide bonds. The van der Waals surface area contributed by atoms with Crippen molar-refractivity contribution in [3.05, 3.63) is 90.0 Å². The van der Waals surface area contributed by atoms with Crippen LogP contribution in [0.1, 0.15) is 11.1 Å². The zero-order valence-electron chi connectivity index (χ0n) is 15.1. The van der Waals surface area contributed by atoms with Gasteiger partial charge in [0, 0.05) is 22.9 Å². The van der Waals surface area contributed by atoms with Crippen LogP contribution in [0.15, 0.2) is 83.8 Å². The van der Waals surface area contributed by atoms with Crippen molar-refractivity contribution in [2.24, 2.45) is 0 Å². The van der Waals surface area contributed by atoms with E-state index in [2.05, 4.69) is 46.6 Å². The average molecular weight is 375 g/mol. The molecule has 4 rings (SSSR count). The number of hydrogen-bond acceptors (Lipinski definition) is 3. The van der Waals surface area contributed by atoms with Gasteiger partial charge < -0.3 is 10.2 Å². The highest BCUT2D eigenvalue weighted by molar-refractivity contribution is 7.99. The predicted molar refractivity (Wildman–Crippen MR) is 114 cm³/mol. The summed E-state index contributed by atoms with van der Waals surface area (Å²) in [7, 11) is 0. The van der Waals surface area contributed by atoms with Crippen LogP contribution >= 0.6 is 11.8 Å². The van der Waals surface area contributed by atoms with Crippen molar-refractivity contribution in [2.75, 3.05) is 29.1 Å². The molecule has 3 aromatic carbocycles. The van der Waals surface area contributed by atoms with E-state index in [4.69, 9.17) is 0 Å². The lowest BCUT2D eigenvalue weighted by Crippen LogP contribution is -2.36. The number of carbonyl (C=O) groups is 1. The molecule has 0 unspecified atom stereocenters. The molecule has 3 aromatic rings. The molecule has 0 atom stereocenters. The number of nitrogens with one attached hydrogen (secondary N) is 1. The highest BCUT2D eigenvalue weighted by Gasteiger charge is 2.19. The van der Waals surface area contributed by atoms with Crippen molar-refractivity contribution < 1.29 is 4.79 Å². The summed E-state index contributed by atoms with van der Waals surface area (Å²) in [5, 5.41) is 3.12. The van der Waals surface area contributed by atoms with Gasteiger partial charge in [-0.25, -0.2) is 0 Å².